The smallest absolute Gasteiger partial charge is 0.251 e. The molecule has 1 aromatic heterocycles. The number of fused-ring (bicyclic) bond motifs is 2. The maximum absolute atomic E-state index is 12.4. The lowest BCUT2D eigenvalue weighted by molar-refractivity contribution is 0.0924. The van der Waals surface area contributed by atoms with Gasteiger partial charge in [0.2, 0.25) is 5.88 Å². The van der Waals surface area contributed by atoms with Crippen molar-refractivity contribution in [1.82, 2.24) is 15.2 Å². The van der Waals surface area contributed by atoms with Gasteiger partial charge in [-0.1, -0.05) is 11.6 Å². The molecule has 0 radical (unpaired) electrons. The minimum absolute atomic E-state index is 0.0267. The van der Waals surface area contributed by atoms with Crippen LogP contribution < -0.4 is 10.1 Å². The summed E-state index contributed by atoms with van der Waals surface area (Å²) in [7, 11) is 0. The van der Waals surface area contributed by atoms with Crippen molar-refractivity contribution in [2.75, 3.05) is 19.6 Å². The molecule has 1 amide bonds. The highest BCUT2D eigenvalue weighted by atomic mass is 35.5. The maximum atomic E-state index is 12.4. The van der Waals surface area contributed by atoms with Crippen molar-refractivity contribution in [3.63, 3.8) is 0 Å². The van der Waals surface area contributed by atoms with E-state index in [9.17, 15) is 4.79 Å². The Morgan fingerprint density at radius 2 is 2.08 bits per heavy atom. The van der Waals surface area contributed by atoms with Crippen LogP contribution in [0.25, 0.3) is 0 Å². The monoisotopic (exact) mass is 343 g/mol. The number of nitrogens with one attached hydrogen (secondary N) is 1. The van der Waals surface area contributed by atoms with Gasteiger partial charge in [0, 0.05) is 42.0 Å². The molecule has 6 heteroatoms. The maximum Gasteiger partial charge on any atom is 0.251 e. The van der Waals surface area contributed by atoms with Crippen LogP contribution in [-0.2, 0) is 0 Å². The molecule has 0 saturated carbocycles. The Hall–Kier alpha value is -2.11. The van der Waals surface area contributed by atoms with Gasteiger partial charge in [0.15, 0.2) is 0 Å². The van der Waals surface area contributed by atoms with Gasteiger partial charge in [0.1, 0.15) is 5.75 Å². The molecule has 4 rings (SSSR count). The van der Waals surface area contributed by atoms with Crippen LogP contribution in [0.3, 0.4) is 0 Å². The van der Waals surface area contributed by atoms with Gasteiger partial charge in [0.05, 0.1) is 0 Å². The van der Waals surface area contributed by atoms with E-state index in [4.69, 9.17) is 16.3 Å². The topological polar surface area (TPSA) is 54.5 Å². The zero-order valence-electron chi connectivity index (χ0n) is 13.1. The molecular weight excluding hydrogens is 326 g/mol. The van der Waals surface area contributed by atoms with Crippen LogP contribution >= 0.6 is 11.6 Å². The molecule has 1 aromatic carbocycles. The van der Waals surface area contributed by atoms with E-state index < -0.39 is 0 Å². The number of aromatic nitrogens is 1. The first kappa shape index (κ1) is 15.4. The second-order valence-electron chi connectivity index (χ2n) is 6.33. The molecule has 0 spiro atoms. The number of halogens is 1. The first-order valence-corrected chi connectivity index (χ1v) is 8.48. The van der Waals surface area contributed by atoms with E-state index in [1.165, 1.54) is 13.0 Å². The summed E-state index contributed by atoms with van der Waals surface area (Å²) in [5.41, 5.74) is 0.638. The average molecular weight is 344 g/mol. The third-order valence-electron chi connectivity index (χ3n) is 4.69. The molecule has 2 aromatic rings. The standard InChI is InChI=1S/C18H18ClN3O2/c19-14-5-7-20-17(9-14)24-15-3-1-12(2-4-15)18(23)21-16-11-22-8-6-13(16)10-22/h1-5,7,9,13,16H,6,8,10-11H2,(H,21,23)/t13-,16?/m0/s1. The number of rotatable bonds is 4. The molecule has 2 aliphatic heterocycles. The summed E-state index contributed by atoms with van der Waals surface area (Å²) in [5.74, 6) is 1.62. The average Bonchev–Trinajstić information content (AvgIpc) is 3.18. The van der Waals surface area contributed by atoms with Crippen molar-refractivity contribution >= 4 is 17.5 Å². The Kier molecular flexibility index (Phi) is 4.12. The highest BCUT2D eigenvalue weighted by Crippen LogP contribution is 2.28. The molecule has 2 saturated heterocycles. The van der Waals surface area contributed by atoms with Crippen molar-refractivity contribution in [1.29, 1.82) is 0 Å². The summed E-state index contributed by atoms with van der Waals surface area (Å²) >= 11 is 5.91. The van der Waals surface area contributed by atoms with Gasteiger partial charge in [-0.05, 0) is 49.2 Å². The zero-order chi connectivity index (χ0) is 16.5. The Balaban J connectivity index is 1.39. The quantitative estimate of drug-likeness (QED) is 0.927. The SMILES string of the molecule is O=C(NC1CN2CC[C@H]1C2)c1ccc(Oc2cc(Cl)ccn2)cc1. The Bertz CT molecular complexity index is 750. The van der Waals surface area contributed by atoms with Gasteiger partial charge in [-0.3, -0.25) is 4.79 Å². The number of hydrogen-bond donors (Lipinski definition) is 1. The summed E-state index contributed by atoms with van der Waals surface area (Å²) < 4.78 is 5.63. The highest BCUT2D eigenvalue weighted by Gasteiger charge is 2.38. The summed E-state index contributed by atoms with van der Waals surface area (Å²) in [4.78, 5) is 18.9. The first-order chi connectivity index (χ1) is 11.7. The van der Waals surface area contributed by atoms with Crippen LogP contribution in [0.1, 0.15) is 16.8 Å². The molecule has 3 atom stereocenters. The number of carbonyl (C=O) groups excluding carboxylic acids is 1. The van der Waals surface area contributed by atoms with Crippen molar-refractivity contribution in [3.8, 4) is 11.6 Å². The van der Waals surface area contributed by atoms with Gasteiger partial charge in [0.25, 0.3) is 5.91 Å². The van der Waals surface area contributed by atoms with Gasteiger partial charge in [-0.15, -0.1) is 0 Å². The lowest BCUT2D eigenvalue weighted by Crippen LogP contribution is -2.43. The number of ether oxygens (including phenoxy) is 1. The number of piperidine rings is 1. The molecule has 3 heterocycles. The summed E-state index contributed by atoms with van der Waals surface area (Å²) in [6, 6.07) is 10.7. The normalized spacial score (nSPS) is 24.8. The van der Waals surface area contributed by atoms with Gasteiger partial charge < -0.3 is 15.0 Å². The fraction of sp³-hybridized carbons (Fsp3) is 0.333. The molecular formula is C18H18ClN3O2. The zero-order valence-corrected chi connectivity index (χ0v) is 13.9. The van der Waals surface area contributed by atoms with Gasteiger partial charge in [-0.2, -0.15) is 0 Å². The molecule has 1 N–H and O–H groups in total. The van der Waals surface area contributed by atoms with E-state index in [2.05, 4.69) is 15.2 Å². The van der Waals surface area contributed by atoms with Crippen molar-refractivity contribution in [3.05, 3.63) is 53.2 Å². The van der Waals surface area contributed by atoms with Gasteiger partial charge in [-0.25, -0.2) is 4.98 Å². The van der Waals surface area contributed by atoms with Crippen molar-refractivity contribution < 1.29 is 9.53 Å². The lowest BCUT2D eigenvalue weighted by atomic mass is 9.99. The van der Waals surface area contributed by atoms with Crippen LogP contribution in [0.2, 0.25) is 5.02 Å². The fourth-order valence-electron chi connectivity index (χ4n) is 3.44. The van der Waals surface area contributed by atoms with E-state index in [0.717, 1.165) is 13.1 Å². The molecule has 2 bridgehead atoms. The molecule has 124 valence electrons. The number of benzene rings is 1. The predicted octanol–water partition coefficient (Wildman–Crippen LogP) is 2.96. The summed E-state index contributed by atoms with van der Waals surface area (Å²) in [6.07, 6.45) is 2.77. The highest BCUT2D eigenvalue weighted by molar-refractivity contribution is 6.30. The van der Waals surface area contributed by atoms with Crippen LogP contribution in [0.5, 0.6) is 11.6 Å². The number of carbonyl (C=O) groups is 1. The van der Waals surface area contributed by atoms with E-state index >= 15 is 0 Å². The number of amides is 1. The van der Waals surface area contributed by atoms with E-state index in [1.807, 2.05) is 0 Å². The fourth-order valence-corrected chi connectivity index (χ4v) is 3.59. The second-order valence-corrected chi connectivity index (χ2v) is 6.76. The predicted molar refractivity (Wildman–Crippen MR) is 91.6 cm³/mol. The Labute approximate surface area is 145 Å². The second kappa shape index (κ2) is 6.42. The van der Waals surface area contributed by atoms with E-state index in [-0.39, 0.29) is 11.9 Å². The van der Waals surface area contributed by atoms with Crippen molar-refractivity contribution in [2.24, 2.45) is 5.92 Å². The summed E-state index contributed by atoms with van der Waals surface area (Å²) in [6.45, 7) is 3.25. The van der Waals surface area contributed by atoms with E-state index in [0.29, 0.717) is 28.1 Å². The molecule has 2 unspecified atom stereocenters. The molecule has 0 aliphatic carbocycles. The van der Waals surface area contributed by atoms with E-state index in [1.54, 1.807) is 42.6 Å². The third kappa shape index (κ3) is 3.23. The van der Waals surface area contributed by atoms with Crippen LogP contribution in [0.4, 0.5) is 0 Å². The largest absolute Gasteiger partial charge is 0.439 e. The minimum atomic E-state index is -0.0267. The van der Waals surface area contributed by atoms with Crippen molar-refractivity contribution in [2.45, 2.75) is 12.5 Å². The molecule has 5 nitrogen and oxygen atoms in total. The van der Waals surface area contributed by atoms with Crippen LogP contribution in [0, 0.1) is 5.92 Å². The summed E-state index contributed by atoms with van der Waals surface area (Å²) in [5, 5.41) is 3.72. The Morgan fingerprint density at radius 1 is 1.25 bits per heavy atom. The van der Waals surface area contributed by atoms with Gasteiger partial charge >= 0.3 is 0 Å². The Morgan fingerprint density at radius 3 is 2.75 bits per heavy atom. The minimum Gasteiger partial charge on any atom is -0.439 e. The van der Waals surface area contributed by atoms with Crippen LogP contribution in [-0.4, -0.2) is 41.5 Å². The molecule has 2 aliphatic rings. The third-order valence-corrected chi connectivity index (χ3v) is 4.92. The number of nitrogens with zero attached hydrogens (tertiary/aromatic N) is 2. The van der Waals surface area contributed by atoms with Crippen LogP contribution in [0.15, 0.2) is 42.6 Å². The molecule has 2 fully saturated rings. The molecule has 24 heavy (non-hydrogen) atoms. The lowest BCUT2D eigenvalue weighted by Gasteiger charge is -2.23. The number of hydrogen-bond acceptors (Lipinski definition) is 4. The number of pyridine rings is 1. The first-order valence-electron chi connectivity index (χ1n) is 8.10.